The van der Waals surface area contributed by atoms with Gasteiger partial charge in [-0.3, -0.25) is 0 Å². The molecule has 0 atom stereocenters. The van der Waals surface area contributed by atoms with Gasteiger partial charge < -0.3 is 14.6 Å². The number of nitrogens with zero attached hydrogens (tertiary/aromatic N) is 1. The van der Waals surface area contributed by atoms with Gasteiger partial charge >= 0.3 is 5.97 Å². The van der Waals surface area contributed by atoms with Gasteiger partial charge in [-0.15, -0.1) is 0 Å². The van der Waals surface area contributed by atoms with Crippen LogP contribution in [0.25, 0.3) is 0 Å². The van der Waals surface area contributed by atoms with E-state index in [1.165, 1.54) is 0 Å². The molecule has 1 aromatic carbocycles. The minimum Gasteiger partial charge on any atom is -0.458 e. The second kappa shape index (κ2) is 8.69. The van der Waals surface area contributed by atoms with Crippen LogP contribution in [0.5, 0.6) is 0 Å². The number of benzene rings is 1. The van der Waals surface area contributed by atoms with Crippen molar-refractivity contribution in [1.82, 2.24) is 4.57 Å². The molecule has 2 rings (SSSR count). The van der Waals surface area contributed by atoms with E-state index in [9.17, 15) is 4.79 Å². The third kappa shape index (κ3) is 4.86. The maximum atomic E-state index is 12.6. The van der Waals surface area contributed by atoms with E-state index in [1.54, 1.807) is 18.2 Å². The molecule has 0 spiro atoms. The number of ether oxygens (including phenoxy) is 1. The lowest BCUT2D eigenvalue weighted by Crippen LogP contribution is -2.29. The third-order valence-electron chi connectivity index (χ3n) is 4.18. The predicted molar refractivity (Wildman–Crippen MR) is 111 cm³/mol. The van der Waals surface area contributed by atoms with Gasteiger partial charge in [-0.05, 0) is 42.2 Å². The molecule has 0 saturated carbocycles. The van der Waals surface area contributed by atoms with E-state index in [2.05, 4.69) is 5.32 Å². The highest BCUT2D eigenvalue weighted by molar-refractivity contribution is 7.81. The fourth-order valence-electron chi connectivity index (χ4n) is 2.88. The summed E-state index contributed by atoms with van der Waals surface area (Å²) in [7, 11) is 1.92. The van der Waals surface area contributed by atoms with E-state index in [4.69, 9.17) is 28.6 Å². The highest BCUT2D eigenvalue weighted by atomic mass is 35.5. The van der Waals surface area contributed by atoms with Crippen LogP contribution in [-0.2, 0) is 11.8 Å². The maximum Gasteiger partial charge on any atom is 0.340 e. The van der Waals surface area contributed by atoms with E-state index in [-0.39, 0.29) is 17.9 Å². The van der Waals surface area contributed by atoms with Crippen molar-refractivity contribution in [2.45, 2.75) is 33.8 Å². The minimum atomic E-state index is -0.421. The van der Waals surface area contributed by atoms with Crippen LogP contribution in [0.4, 0.5) is 5.69 Å². The fraction of sp³-hybridized carbons (Fsp3) is 0.400. The van der Waals surface area contributed by atoms with Crippen LogP contribution in [0.15, 0.2) is 36.5 Å². The average Bonchev–Trinajstić information content (AvgIpc) is 2.99. The summed E-state index contributed by atoms with van der Waals surface area (Å²) in [6, 6.07) is 8.99. The lowest BCUT2D eigenvalue weighted by molar-refractivity contribution is 0.00326. The van der Waals surface area contributed by atoms with Crippen molar-refractivity contribution < 1.29 is 9.53 Å². The number of thiocarbonyl (C=S) groups is 1. The summed E-state index contributed by atoms with van der Waals surface area (Å²) in [6.07, 6.45) is 1.76. The van der Waals surface area contributed by atoms with E-state index >= 15 is 0 Å². The van der Waals surface area contributed by atoms with Crippen molar-refractivity contribution >= 4 is 40.5 Å². The zero-order valence-corrected chi connectivity index (χ0v) is 17.3. The molecule has 0 saturated heterocycles. The molecule has 1 aromatic heterocycles. The van der Waals surface area contributed by atoms with Crippen LogP contribution in [-0.4, -0.2) is 21.6 Å². The molecule has 0 aliphatic heterocycles. The van der Waals surface area contributed by atoms with E-state index in [0.717, 1.165) is 5.69 Å². The van der Waals surface area contributed by atoms with Crippen molar-refractivity contribution in [3.63, 3.8) is 0 Å². The number of hydrogen-bond donors (Lipinski definition) is 1. The molecule has 6 heteroatoms. The highest BCUT2D eigenvalue weighted by Gasteiger charge is 2.24. The number of aryl methyl sites for hydroxylation is 1. The number of anilines is 1. The molecule has 140 valence electrons. The van der Waals surface area contributed by atoms with Gasteiger partial charge in [-0.1, -0.05) is 51.5 Å². The van der Waals surface area contributed by atoms with Crippen LogP contribution in [0.2, 0.25) is 5.02 Å². The Balaban J connectivity index is 2.20. The van der Waals surface area contributed by atoms with Crippen LogP contribution in [0, 0.1) is 11.8 Å². The minimum absolute atomic E-state index is 0.167. The van der Waals surface area contributed by atoms with Crippen molar-refractivity contribution in [3.8, 4) is 0 Å². The van der Waals surface area contributed by atoms with Crippen molar-refractivity contribution in [2.24, 2.45) is 18.9 Å². The Labute approximate surface area is 165 Å². The molecule has 0 aliphatic carbocycles. The van der Waals surface area contributed by atoms with E-state index in [1.807, 2.05) is 57.6 Å². The van der Waals surface area contributed by atoms with Gasteiger partial charge in [0.15, 0.2) is 0 Å². The number of aromatic nitrogens is 1. The van der Waals surface area contributed by atoms with Gasteiger partial charge in [0.25, 0.3) is 0 Å². The predicted octanol–water partition coefficient (Wildman–Crippen LogP) is 5.30. The lowest BCUT2D eigenvalue weighted by Gasteiger charge is -2.25. The number of carbonyl (C=O) groups is 1. The topological polar surface area (TPSA) is 43.3 Å². The van der Waals surface area contributed by atoms with Gasteiger partial charge in [0.05, 0.1) is 16.3 Å². The van der Waals surface area contributed by atoms with Crippen LogP contribution in [0.3, 0.4) is 0 Å². The Bertz CT molecular complexity index is 791. The Morgan fingerprint density at radius 3 is 2.38 bits per heavy atom. The first kappa shape index (κ1) is 20.5. The van der Waals surface area contributed by atoms with Crippen molar-refractivity contribution in [1.29, 1.82) is 0 Å². The molecule has 1 N–H and O–H groups in total. The molecule has 0 amide bonds. The Kier molecular flexibility index (Phi) is 6.84. The van der Waals surface area contributed by atoms with Crippen molar-refractivity contribution in [2.75, 3.05) is 5.32 Å². The van der Waals surface area contributed by atoms with Gasteiger partial charge in [-0.2, -0.15) is 0 Å². The molecular formula is C20H25ClN2O2S. The summed E-state index contributed by atoms with van der Waals surface area (Å²) in [4.78, 5) is 13.2. The first-order valence-corrected chi connectivity index (χ1v) is 9.42. The summed E-state index contributed by atoms with van der Waals surface area (Å²) >= 11 is 11.7. The van der Waals surface area contributed by atoms with Gasteiger partial charge in [0.1, 0.15) is 11.1 Å². The normalized spacial score (nSPS) is 11.3. The molecule has 0 bridgehead atoms. The smallest absolute Gasteiger partial charge is 0.340 e. The lowest BCUT2D eigenvalue weighted by atomic mass is 9.96. The molecule has 0 aliphatic rings. The molecule has 4 nitrogen and oxygen atoms in total. The highest BCUT2D eigenvalue weighted by Crippen LogP contribution is 2.25. The SMILES string of the molecule is CC(C)C(OC(=O)c1cc(NC(=S)c2cccn2C)ccc1Cl)C(C)C. The molecule has 1 heterocycles. The van der Waals surface area contributed by atoms with Gasteiger partial charge in [-0.25, -0.2) is 4.79 Å². The van der Waals surface area contributed by atoms with Crippen LogP contribution < -0.4 is 5.32 Å². The van der Waals surface area contributed by atoms with Crippen LogP contribution >= 0.6 is 23.8 Å². The number of esters is 1. The fourth-order valence-corrected chi connectivity index (χ4v) is 3.41. The molecule has 2 aromatic rings. The Morgan fingerprint density at radius 1 is 1.19 bits per heavy atom. The second-order valence-electron chi connectivity index (χ2n) is 7.01. The molecule has 0 unspecified atom stereocenters. The van der Waals surface area contributed by atoms with Gasteiger partial charge in [0, 0.05) is 18.9 Å². The summed E-state index contributed by atoms with van der Waals surface area (Å²) in [5.74, 6) is 0.0312. The number of nitrogens with one attached hydrogen (secondary N) is 1. The standard InChI is InChI=1S/C20H25ClN2O2S/c1-12(2)18(13(3)4)25-20(24)15-11-14(8-9-16(15)21)22-19(26)17-7-6-10-23(17)5/h6-13,18H,1-5H3,(H,22,26). The number of halogens is 1. The number of rotatable bonds is 6. The van der Waals surface area contributed by atoms with Crippen molar-refractivity contribution in [3.05, 3.63) is 52.8 Å². The molecule has 0 fully saturated rings. The molecule has 0 radical (unpaired) electrons. The second-order valence-corrected chi connectivity index (χ2v) is 7.83. The molecule has 26 heavy (non-hydrogen) atoms. The molecular weight excluding hydrogens is 368 g/mol. The zero-order valence-electron chi connectivity index (χ0n) is 15.7. The van der Waals surface area contributed by atoms with Crippen LogP contribution in [0.1, 0.15) is 43.7 Å². The van der Waals surface area contributed by atoms with E-state index < -0.39 is 5.97 Å². The van der Waals surface area contributed by atoms with E-state index in [0.29, 0.717) is 21.3 Å². The first-order chi connectivity index (χ1) is 12.2. The average molecular weight is 393 g/mol. The first-order valence-electron chi connectivity index (χ1n) is 8.64. The Morgan fingerprint density at radius 2 is 1.85 bits per heavy atom. The number of hydrogen-bond acceptors (Lipinski definition) is 3. The zero-order chi connectivity index (χ0) is 19.4. The quantitative estimate of drug-likeness (QED) is 0.534. The number of carbonyl (C=O) groups excluding carboxylic acids is 1. The maximum absolute atomic E-state index is 12.6. The third-order valence-corrected chi connectivity index (χ3v) is 4.82. The summed E-state index contributed by atoms with van der Waals surface area (Å²) in [6.45, 7) is 8.15. The summed E-state index contributed by atoms with van der Waals surface area (Å²) in [5.41, 5.74) is 1.91. The largest absolute Gasteiger partial charge is 0.458 e. The summed E-state index contributed by atoms with van der Waals surface area (Å²) < 4.78 is 7.63. The Hall–Kier alpha value is -1.85. The van der Waals surface area contributed by atoms with Gasteiger partial charge in [0.2, 0.25) is 0 Å². The monoisotopic (exact) mass is 392 g/mol. The summed E-state index contributed by atoms with van der Waals surface area (Å²) in [5, 5.41) is 3.51.